The lowest BCUT2D eigenvalue weighted by atomic mass is 9.86. The van der Waals surface area contributed by atoms with Crippen molar-refractivity contribution in [3.8, 4) is 5.75 Å². The van der Waals surface area contributed by atoms with Crippen LogP contribution in [0, 0.1) is 0 Å². The predicted molar refractivity (Wildman–Crippen MR) is 132 cm³/mol. The number of urea groups is 1. The lowest BCUT2D eigenvalue weighted by molar-refractivity contribution is -0.135. The third kappa shape index (κ3) is 4.13. The van der Waals surface area contributed by atoms with Crippen LogP contribution in [0.15, 0.2) is 48.5 Å². The summed E-state index contributed by atoms with van der Waals surface area (Å²) in [5, 5.41) is 0. The van der Waals surface area contributed by atoms with Gasteiger partial charge in [0.1, 0.15) is 11.3 Å². The van der Waals surface area contributed by atoms with E-state index < -0.39 is 5.54 Å². The summed E-state index contributed by atoms with van der Waals surface area (Å²) in [4.78, 5) is 34.4. The van der Waals surface area contributed by atoms with Gasteiger partial charge in [-0.1, -0.05) is 24.3 Å². The number of nitrogens with zero attached hydrogens (tertiary/aromatic N) is 4. The lowest BCUT2D eigenvalue weighted by Gasteiger charge is -2.40. The number of amides is 3. The molecule has 0 unspecified atom stereocenters. The number of ether oxygens (including phenoxy) is 1. The third-order valence-corrected chi connectivity index (χ3v) is 7.80. The molecule has 7 nitrogen and oxygen atoms in total. The fourth-order valence-electron chi connectivity index (χ4n) is 5.57. The zero-order valence-corrected chi connectivity index (χ0v) is 20.2. The molecule has 3 amide bonds. The Morgan fingerprint density at radius 2 is 1.41 bits per heavy atom. The number of likely N-dealkylation sites (N-methyl/N-ethyl adjacent to an activating group) is 1. The second kappa shape index (κ2) is 9.29. The van der Waals surface area contributed by atoms with Crippen LogP contribution in [-0.2, 0) is 17.9 Å². The molecule has 34 heavy (non-hydrogen) atoms. The SMILES string of the molecule is COc1ccc(CN2C(=O)N(C)C3(CCN(Cc4ccc(N5CCCC5)cc4)CC3)C2=O)cc1. The molecule has 3 heterocycles. The highest BCUT2D eigenvalue weighted by molar-refractivity contribution is 6.06. The summed E-state index contributed by atoms with van der Waals surface area (Å²) in [6.07, 6.45) is 3.90. The standard InChI is InChI=1S/C27H34N4O3/c1-28-26(33)31(20-22-7-11-24(34-2)12-8-22)25(32)27(28)13-17-29(18-14-27)19-21-5-9-23(10-6-21)30-15-3-4-16-30/h5-12H,3-4,13-20H2,1-2H3. The maximum absolute atomic E-state index is 13.5. The molecule has 5 rings (SSSR count). The van der Waals surface area contributed by atoms with E-state index in [9.17, 15) is 9.59 Å². The molecule has 2 aromatic rings. The van der Waals surface area contributed by atoms with E-state index in [2.05, 4.69) is 34.1 Å². The van der Waals surface area contributed by atoms with Crippen LogP contribution < -0.4 is 9.64 Å². The molecule has 180 valence electrons. The van der Waals surface area contributed by atoms with E-state index >= 15 is 0 Å². The second-order valence-corrected chi connectivity index (χ2v) is 9.75. The van der Waals surface area contributed by atoms with Gasteiger partial charge < -0.3 is 14.5 Å². The van der Waals surface area contributed by atoms with Crippen molar-refractivity contribution in [1.29, 1.82) is 0 Å². The smallest absolute Gasteiger partial charge is 0.327 e. The van der Waals surface area contributed by atoms with Gasteiger partial charge in [0.15, 0.2) is 0 Å². The Morgan fingerprint density at radius 3 is 2.03 bits per heavy atom. The summed E-state index contributed by atoms with van der Waals surface area (Å²) in [5.41, 5.74) is 2.80. The number of rotatable bonds is 6. The van der Waals surface area contributed by atoms with E-state index in [0.717, 1.165) is 44.0 Å². The van der Waals surface area contributed by atoms with Crippen molar-refractivity contribution in [1.82, 2.24) is 14.7 Å². The molecule has 0 atom stereocenters. The van der Waals surface area contributed by atoms with Crippen LogP contribution in [0.2, 0.25) is 0 Å². The number of hydrogen-bond acceptors (Lipinski definition) is 5. The third-order valence-electron chi connectivity index (χ3n) is 7.80. The average molecular weight is 463 g/mol. The van der Waals surface area contributed by atoms with Gasteiger partial charge >= 0.3 is 6.03 Å². The van der Waals surface area contributed by atoms with Gasteiger partial charge in [-0.25, -0.2) is 4.79 Å². The number of likely N-dealkylation sites (tertiary alicyclic amines) is 1. The largest absolute Gasteiger partial charge is 0.497 e. The van der Waals surface area contributed by atoms with Gasteiger partial charge in [0, 0.05) is 45.5 Å². The minimum Gasteiger partial charge on any atom is -0.497 e. The molecular weight excluding hydrogens is 428 g/mol. The number of carbonyl (C=O) groups is 2. The minimum atomic E-state index is -0.723. The summed E-state index contributed by atoms with van der Waals surface area (Å²) < 4.78 is 5.21. The average Bonchev–Trinajstić information content (AvgIpc) is 3.47. The molecular formula is C27H34N4O3. The van der Waals surface area contributed by atoms with Crippen LogP contribution >= 0.6 is 0 Å². The van der Waals surface area contributed by atoms with E-state index in [1.807, 2.05) is 24.3 Å². The van der Waals surface area contributed by atoms with E-state index in [1.54, 1.807) is 19.1 Å². The molecule has 0 N–H and O–H groups in total. The Labute approximate surface area is 201 Å². The van der Waals surface area contributed by atoms with E-state index in [1.165, 1.54) is 29.0 Å². The van der Waals surface area contributed by atoms with E-state index in [0.29, 0.717) is 19.4 Å². The normalized spacial score (nSPS) is 20.6. The highest BCUT2D eigenvalue weighted by Crippen LogP contribution is 2.37. The predicted octanol–water partition coefficient (Wildman–Crippen LogP) is 3.72. The van der Waals surface area contributed by atoms with Gasteiger partial charge in [-0.3, -0.25) is 14.6 Å². The Hall–Kier alpha value is -3.06. The van der Waals surface area contributed by atoms with Crippen LogP contribution in [0.3, 0.4) is 0 Å². The first-order valence-corrected chi connectivity index (χ1v) is 12.3. The van der Waals surface area contributed by atoms with Gasteiger partial charge in [-0.05, 0) is 61.1 Å². The highest BCUT2D eigenvalue weighted by atomic mass is 16.5. The Balaban J connectivity index is 1.20. The summed E-state index contributed by atoms with van der Waals surface area (Å²) in [5.74, 6) is 0.694. The molecule has 3 saturated heterocycles. The van der Waals surface area contributed by atoms with Crippen molar-refractivity contribution < 1.29 is 14.3 Å². The van der Waals surface area contributed by atoms with Crippen molar-refractivity contribution in [2.75, 3.05) is 45.2 Å². The molecule has 3 aliphatic heterocycles. The number of benzene rings is 2. The number of piperidine rings is 1. The van der Waals surface area contributed by atoms with Gasteiger partial charge in [0.05, 0.1) is 13.7 Å². The van der Waals surface area contributed by atoms with Gasteiger partial charge in [0.25, 0.3) is 5.91 Å². The van der Waals surface area contributed by atoms with Gasteiger partial charge in [-0.15, -0.1) is 0 Å². The molecule has 0 aromatic heterocycles. The summed E-state index contributed by atoms with van der Waals surface area (Å²) in [6, 6.07) is 16.2. The molecule has 3 fully saturated rings. The Morgan fingerprint density at radius 1 is 0.824 bits per heavy atom. The number of anilines is 1. The first-order chi connectivity index (χ1) is 16.5. The zero-order valence-electron chi connectivity index (χ0n) is 20.2. The highest BCUT2D eigenvalue weighted by Gasteiger charge is 2.56. The van der Waals surface area contributed by atoms with E-state index in [-0.39, 0.29) is 11.9 Å². The first-order valence-electron chi connectivity index (χ1n) is 12.3. The summed E-state index contributed by atoms with van der Waals surface area (Å²) in [7, 11) is 3.40. The Kier molecular flexibility index (Phi) is 6.21. The maximum atomic E-state index is 13.5. The summed E-state index contributed by atoms with van der Waals surface area (Å²) in [6.45, 7) is 5.08. The molecule has 3 aliphatic rings. The van der Waals surface area contributed by atoms with Crippen molar-refractivity contribution in [2.45, 2.75) is 44.3 Å². The molecule has 7 heteroatoms. The fraction of sp³-hybridized carbons (Fsp3) is 0.481. The quantitative estimate of drug-likeness (QED) is 0.613. The monoisotopic (exact) mass is 462 g/mol. The van der Waals surface area contributed by atoms with Crippen LogP contribution in [0.5, 0.6) is 5.75 Å². The van der Waals surface area contributed by atoms with Crippen molar-refractivity contribution in [2.24, 2.45) is 0 Å². The van der Waals surface area contributed by atoms with Crippen molar-refractivity contribution >= 4 is 17.6 Å². The minimum absolute atomic E-state index is 0.0644. The van der Waals surface area contributed by atoms with Crippen LogP contribution in [0.25, 0.3) is 0 Å². The zero-order chi connectivity index (χ0) is 23.7. The van der Waals surface area contributed by atoms with Crippen LogP contribution in [-0.4, -0.2) is 72.5 Å². The molecule has 1 spiro atoms. The molecule has 0 bridgehead atoms. The second-order valence-electron chi connectivity index (χ2n) is 9.75. The van der Waals surface area contributed by atoms with E-state index in [4.69, 9.17) is 4.74 Å². The van der Waals surface area contributed by atoms with Gasteiger partial charge in [0.2, 0.25) is 0 Å². The molecule has 2 aromatic carbocycles. The topological polar surface area (TPSA) is 56.3 Å². The molecule has 0 aliphatic carbocycles. The van der Waals surface area contributed by atoms with Crippen molar-refractivity contribution in [3.63, 3.8) is 0 Å². The number of hydrogen-bond donors (Lipinski definition) is 0. The lowest BCUT2D eigenvalue weighted by Crippen LogP contribution is -2.55. The summed E-state index contributed by atoms with van der Waals surface area (Å²) >= 11 is 0. The molecule has 0 saturated carbocycles. The maximum Gasteiger partial charge on any atom is 0.327 e. The van der Waals surface area contributed by atoms with Gasteiger partial charge in [-0.2, -0.15) is 0 Å². The molecule has 0 radical (unpaired) electrons. The van der Waals surface area contributed by atoms with Crippen LogP contribution in [0.4, 0.5) is 10.5 Å². The Bertz CT molecular complexity index is 1020. The fourth-order valence-corrected chi connectivity index (χ4v) is 5.57. The van der Waals surface area contributed by atoms with Crippen LogP contribution in [0.1, 0.15) is 36.8 Å². The number of imide groups is 1. The number of carbonyl (C=O) groups excluding carboxylic acids is 2. The first kappa shape index (κ1) is 22.7. The van der Waals surface area contributed by atoms with Crippen molar-refractivity contribution in [3.05, 3.63) is 59.7 Å². The number of methoxy groups -OCH3 is 1.